The van der Waals surface area contributed by atoms with Gasteiger partial charge in [-0.05, 0) is 26.7 Å². The first-order chi connectivity index (χ1) is 8.02. The Hall–Kier alpha value is -1.36. The van der Waals surface area contributed by atoms with E-state index in [1.165, 1.54) is 0 Å². The number of rotatable bonds is 3. The molecule has 17 heavy (non-hydrogen) atoms. The van der Waals surface area contributed by atoms with Crippen molar-refractivity contribution in [1.29, 1.82) is 0 Å². The molecular formula is C12H19N3O2. The molecule has 1 N–H and O–H groups in total. The third kappa shape index (κ3) is 2.49. The molecule has 0 aromatic carbocycles. The molecule has 5 heteroatoms. The number of anilines is 1. The third-order valence-corrected chi connectivity index (χ3v) is 3.15. The summed E-state index contributed by atoms with van der Waals surface area (Å²) in [6.45, 7) is 4.54. The number of hydrogen-bond acceptors (Lipinski definition) is 5. The van der Waals surface area contributed by atoms with Crippen LogP contribution in [0.15, 0.2) is 12.3 Å². The molecule has 1 aromatic heterocycles. The van der Waals surface area contributed by atoms with Crippen LogP contribution in [0.25, 0.3) is 0 Å². The fourth-order valence-electron chi connectivity index (χ4n) is 2.33. The van der Waals surface area contributed by atoms with Crippen molar-refractivity contribution in [1.82, 2.24) is 9.97 Å². The van der Waals surface area contributed by atoms with Crippen LogP contribution >= 0.6 is 0 Å². The lowest BCUT2D eigenvalue weighted by molar-refractivity contribution is 0.0530. The van der Waals surface area contributed by atoms with Crippen LogP contribution in [0.5, 0.6) is 5.88 Å². The van der Waals surface area contributed by atoms with Crippen molar-refractivity contribution in [2.45, 2.75) is 38.3 Å². The Morgan fingerprint density at radius 3 is 2.94 bits per heavy atom. The quantitative estimate of drug-likeness (QED) is 0.856. The van der Waals surface area contributed by atoms with Gasteiger partial charge in [-0.25, -0.2) is 4.98 Å². The number of aliphatic hydroxyl groups is 1. The first-order valence-corrected chi connectivity index (χ1v) is 5.88. The molecule has 0 bridgehead atoms. The summed E-state index contributed by atoms with van der Waals surface area (Å²) in [6.07, 6.45) is 3.69. The van der Waals surface area contributed by atoms with Crippen LogP contribution in [-0.2, 0) is 0 Å². The van der Waals surface area contributed by atoms with Gasteiger partial charge >= 0.3 is 0 Å². The molecule has 1 saturated heterocycles. The van der Waals surface area contributed by atoms with E-state index in [-0.39, 0.29) is 6.04 Å². The van der Waals surface area contributed by atoms with Gasteiger partial charge in [-0.15, -0.1) is 0 Å². The summed E-state index contributed by atoms with van der Waals surface area (Å²) < 4.78 is 5.09. The smallest absolute Gasteiger partial charge is 0.228 e. The van der Waals surface area contributed by atoms with Crippen LogP contribution < -0.4 is 9.64 Å². The largest absolute Gasteiger partial charge is 0.481 e. The van der Waals surface area contributed by atoms with Gasteiger partial charge in [0.2, 0.25) is 11.8 Å². The van der Waals surface area contributed by atoms with E-state index in [4.69, 9.17) is 4.74 Å². The number of aromatic nitrogens is 2. The van der Waals surface area contributed by atoms with Gasteiger partial charge in [0.25, 0.3) is 0 Å². The monoisotopic (exact) mass is 237 g/mol. The molecule has 5 nitrogen and oxygen atoms in total. The Balaban J connectivity index is 2.26. The highest BCUT2D eigenvalue weighted by atomic mass is 16.5. The summed E-state index contributed by atoms with van der Waals surface area (Å²) in [5.74, 6) is 1.19. The minimum atomic E-state index is -0.747. The fourth-order valence-corrected chi connectivity index (χ4v) is 2.33. The Bertz CT molecular complexity index is 390. The van der Waals surface area contributed by atoms with E-state index in [0.29, 0.717) is 11.8 Å². The molecule has 0 aliphatic carbocycles. The summed E-state index contributed by atoms with van der Waals surface area (Å²) in [4.78, 5) is 10.6. The lowest BCUT2D eigenvalue weighted by Gasteiger charge is -2.33. The first kappa shape index (κ1) is 12.1. The van der Waals surface area contributed by atoms with Crippen molar-refractivity contribution in [3.05, 3.63) is 12.3 Å². The standard InChI is InChI=1S/C12H19N3O2/c1-12(2,16)9-5-4-8-15(9)11-13-7-6-10(14-11)17-3/h6-7,9,16H,4-5,8H2,1-3H3. The SMILES string of the molecule is COc1ccnc(N2CCCC2C(C)(C)O)n1. The summed E-state index contributed by atoms with van der Waals surface area (Å²) in [6, 6.07) is 1.79. The van der Waals surface area contributed by atoms with Gasteiger partial charge < -0.3 is 14.7 Å². The van der Waals surface area contributed by atoms with Crippen molar-refractivity contribution in [2.75, 3.05) is 18.6 Å². The van der Waals surface area contributed by atoms with E-state index in [0.717, 1.165) is 19.4 Å². The van der Waals surface area contributed by atoms with Gasteiger partial charge in [0, 0.05) is 18.8 Å². The predicted octanol–water partition coefficient (Wildman–Crippen LogP) is 1.22. The van der Waals surface area contributed by atoms with E-state index >= 15 is 0 Å². The molecule has 1 unspecified atom stereocenters. The zero-order valence-electron chi connectivity index (χ0n) is 10.6. The van der Waals surface area contributed by atoms with Gasteiger partial charge in [0.15, 0.2) is 0 Å². The fraction of sp³-hybridized carbons (Fsp3) is 0.667. The highest BCUT2D eigenvalue weighted by Gasteiger charge is 2.37. The minimum Gasteiger partial charge on any atom is -0.481 e. The predicted molar refractivity (Wildman–Crippen MR) is 65.2 cm³/mol. The molecule has 1 aliphatic rings. The Morgan fingerprint density at radius 1 is 1.53 bits per heavy atom. The average Bonchev–Trinajstić information content (AvgIpc) is 2.77. The second kappa shape index (κ2) is 4.49. The Morgan fingerprint density at radius 2 is 2.29 bits per heavy atom. The van der Waals surface area contributed by atoms with Crippen molar-refractivity contribution >= 4 is 5.95 Å². The van der Waals surface area contributed by atoms with Crippen molar-refractivity contribution in [3.63, 3.8) is 0 Å². The second-order valence-corrected chi connectivity index (χ2v) is 4.90. The van der Waals surface area contributed by atoms with Crippen LogP contribution in [0.3, 0.4) is 0 Å². The van der Waals surface area contributed by atoms with Crippen LogP contribution in [-0.4, -0.2) is 40.4 Å². The van der Waals surface area contributed by atoms with E-state index < -0.39 is 5.60 Å². The van der Waals surface area contributed by atoms with E-state index in [1.54, 1.807) is 19.4 Å². The van der Waals surface area contributed by atoms with Gasteiger partial charge in [-0.2, -0.15) is 4.98 Å². The lowest BCUT2D eigenvalue weighted by Crippen LogP contribution is -2.46. The van der Waals surface area contributed by atoms with Gasteiger partial charge in [0.1, 0.15) is 0 Å². The maximum absolute atomic E-state index is 10.1. The first-order valence-electron chi connectivity index (χ1n) is 5.88. The van der Waals surface area contributed by atoms with E-state index in [1.807, 2.05) is 13.8 Å². The highest BCUT2D eigenvalue weighted by Crippen LogP contribution is 2.30. The topological polar surface area (TPSA) is 58.5 Å². The molecule has 94 valence electrons. The minimum absolute atomic E-state index is 0.0645. The molecule has 0 spiro atoms. The van der Waals surface area contributed by atoms with Crippen LogP contribution in [0.4, 0.5) is 5.95 Å². The average molecular weight is 237 g/mol. The van der Waals surface area contributed by atoms with Crippen molar-refractivity contribution in [3.8, 4) is 5.88 Å². The Labute approximate surface area is 101 Å². The molecule has 2 rings (SSSR count). The third-order valence-electron chi connectivity index (χ3n) is 3.15. The molecule has 1 aromatic rings. The summed E-state index contributed by atoms with van der Waals surface area (Å²) >= 11 is 0. The summed E-state index contributed by atoms with van der Waals surface area (Å²) in [5.41, 5.74) is -0.747. The summed E-state index contributed by atoms with van der Waals surface area (Å²) in [5, 5.41) is 10.1. The van der Waals surface area contributed by atoms with Gasteiger partial charge in [-0.3, -0.25) is 0 Å². The molecule has 2 heterocycles. The zero-order valence-corrected chi connectivity index (χ0v) is 10.6. The van der Waals surface area contributed by atoms with Crippen LogP contribution in [0.1, 0.15) is 26.7 Å². The van der Waals surface area contributed by atoms with Gasteiger partial charge in [0.05, 0.1) is 18.8 Å². The van der Waals surface area contributed by atoms with Gasteiger partial charge in [-0.1, -0.05) is 0 Å². The maximum Gasteiger partial charge on any atom is 0.228 e. The van der Waals surface area contributed by atoms with E-state index in [9.17, 15) is 5.11 Å². The molecule has 1 atom stereocenters. The molecule has 1 fully saturated rings. The number of nitrogens with zero attached hydrogens (tertiary/aromatic N) is 3. The van der Waals surface area contributed by atoms with E-state index in [2.05, 4.69) is 14.9 Å². The zero-order chi connectivity index (χ0) is 12.5. The number of ether oxygens (including phenoxy) is 1. The van der Waals surface area contributed by atoms with Crippen LogP contribution in [0, 0.1) is 0 Å². The molecule has 1 aliphatic heterocycles. The molecule has 0 radical (unpaired) electrons. The second-order valence-electron chi connectivity index (χ2n) is 4.90. The number of hydrogen-bond donors (Lipinski definition) is 1. The van der Waals surface area contributed by atoms with Crippen molar-refractivity contribution in [2.24, 2.45) is 0 Å². The Kier molecular flexibility index (Phi) is 3.19. The number of methoxy groups -OCH3 is 1. The van der Waals surface area contributed by atoms with Crippen LogP contribution in [0.2, 0.25) is 0 Å². The summed E-state index contributed by atoms with van der Waals surface area (Å²) in [7, 11) is 1.59. The lowest BCUT2D eigenvalue weighted by atomic mass is 9.97. The highest BCUT2D eigenvalue weighted by molar-refractivity contribution is 5.36. The molecule has 0 saturated carbocycles. The normalized spacial score (nSPS) is 20.7. The van der Waals surface area contributed by atoms with Crippen molar-refractivity contribution < 1.29 is 9.84 Å². The molecule has 0 amide bonds. The molecular weight excluding hydrogens is 218 g/mol. The maximum atomic E-state index is 10.1.